The van der Waals surface area contributed by atoms with Gasteiger partial charge in [0.05, 0.1) is 0 Å². The van der Waals surface area contributed by atoms with E-state index in [4.69, 9.17) is 0 Å². The average Bonchev–Trinajstić information content (AvgIpc) is 1.46. The summed E-state index contributed by atoms with van der Waals surface area (Å²) in [5.74, 6) is 0. The van der Waals surface area contributed by atoms with E-state index >= 15 is 0 Å². The molecule has 0 radical (unpaired) electrons. The summed E-state index contributed by atoms with van der Waals surface area (Å²) >= 11 is 1.25. The molecule has 1 rings (SSSR count). The van der Waals surface area contributed by atoms with Gasteiger partial charge >= 0.3 is 29.6 Å². The normalized spacial score (nSPS) is 6.00. The Bertz CT molecular complexity index is 39.7. The van der Waals surface area contributed by atoms with Crippen LogP contribution in [0.1, 0.15) is 1.43 Å². The molecule has 0 aromatic carbocycles. The summed E-state index contributed by atoms with van der Waals surface area (Å²) in [4.78, 5) is 0. The van der Waals surface area contributed by atoms with E-state index in [1.807, 2.05) is 0 Å². The second-order valence-electron chi connectivity index (χ2n) is 0.250. The van der Waals surface area contributed by atoms with Gasteiger partial charge in [-0.15, -0.1) is 4.55 Å². The molecule has 0 atom stereocenters. The van der Waals surface area contributed by atoms with Crippen LogP contribution in [0.15, 0.2) is 3.96 Å². The third-order valence-corrected chi connectivity index (χ3v) is 0.250. The molecule has 4 heteroatoms. The van der Waals surface area contributed by atoms with Crippen molar-refractivity contribution in [1.82, 2.24) is 4.55 Å². The molecule has 1 aromatic heterocycles. The SMILES string of the molecule is [H-].[Na+].[nH]1os1. The molecule has 20 valence electrons. The van der Waals surface area contributed by atoms with Gasteiger partial charge in [-0.05, 0) is 0 Å². The molecule has 0 saturated carbocycles. The van der Waals surface area contributed by atoms with Gasteiger partial charge < -0.3 is 1.43 Å². The maximum Gasteiger partial charge on any atom is 1.00 e. The van der Waals surface area contributed by atoms with Gasteiger partial charge in [-0.2, -0.15) is 0 Å². The third-order valence-electron chi connectivity index (χ3n) is 0.0833. The zero-order chi connectivity index (χ0) is 2.12. The van der Waals surface area contributed by atoms with Crippen molar-refractivity contribution in [3.05, 3.63) is 0 Å². The molecule has 0 fully saturated rings. The van der Waals surface area contributed by atoms with Crippen molar-refractivity contribution >= 4 is 11.8 Å². The Balaban J connectivity index is 0. The molecule has 0 aliphatic rings. The van der Waals surface area contributed by atoms with Gasteiger partial charge in [0.2, 0.25) is 0 Å². The van der Waals surface area contributed by atoms with E-state index < -0.39 is 0 Å². The first kappa shape index (κ1) is 4.82. The van der Waals surface area contributed by atoms with Gasteiger partial charge in [-0.1, -0.05) is 0 Å². The summed E-state index contributed by atoms with van der Waals surface area (Å²) in [6, 6.07) is 0. The minimum absolute atomic E-state index is 0. The van der Waals surface area contributed by atoms with Crippen LogP contribution in [-0.4, -0.2) is 4.55 Å². The van der Waals surface area contributed by atoms with E-state index in [1.165, 1.54) is 11.8 Å². The Morgan fingerprint density at radius 1 is 2.00 bits per heavy atom. The first-order valence-corrected chi connectivity index (χ1v) is 1.32. The monoisotopic (exact) mass is 87.0 g/mol. The minimum atomic E-state index is 0. The first-order chi connectivity index (χ1) is 1.50. The molecule has 0 unspecified atom stereocenters. The summed E-state index contributed by atoms with van der Waals surface area (Å²) in [5.41, 5.74) is 0. The Hall–Kier alpha value is 0.820. The van der Waals surface area contributed by atoms with E-state index in [1.54, 1.807) is 0 Å². The van der Waals surface area contributed by atoms with E-state index in [9.17, 15) is 0 Å². The second kappa shape index (κ2) is 2.08. The van der Waals surface area contributed by atoms with Crippen LogP contribution in [0.3, 0.4) is 0 Å². The van der Waals surface area contributed by atoms with Crippen LogP contribution in [0.5, 0.6) is 0 Å². The van der Waals surface area contributed by atoms with Gasteiger partial charge in [0, 0.05) is 0 Å². The summed E-state index contributed by atoms with van der Waals surface area (Å²) in [7, 11) is 0. The molecule has 1 heterocycles. The van der Waals surface area contributed by atoms with Crippen molar-refractivity contribution in [3.8, 4) is 0 Å². The molecule has 1 N–H and O–H groups in total. The number of aromatic amines is 1. The molecule has 0 spiro atoms. The van der Waals surface area contributed by atoms with Gasteiger partial charge in [0.1, 0.15) is 0 Å². The van der Waals surface area contributed by atoms with Crippen molar-refractivity contribution in [1.29, 1.82) is 0 Å². The van der Waals surface area contributed by atoms with E-state index in [-0.39, 0.29) is 31.0 Å². The number of aromatic nitrogens is 1. The predicted molar refractivity (Wildman–Crippen MR) is 12.0 cm³/mol. The molecule has 0 saturated heterocycles. The smallest absolute Gasteiger partial charge is 1.00 e. The van der Waals surface area contributed by atoms with E-state index in [0.717, 1.165) is 0 Å². The van der Waals surface area contributed by atoms with Crippen LogP contribution in [0.2, 0.25) is 0 Å². The first-order valence-electron chi connectivity index (χ1n) is 0.575. The zero-order valence-corrected chi connectivity index (χ0v) is 5.13. The molecular formula is H2NNaOS. The molecule has 0 aliphatic heterocycles. The largest absolute Gasteiger partial charge is 1.00 e. The maximum atomic E-state index is 4.17. The van der Waals surface area contributed by atoms with Crippen LogP contribution in [-0.2, 0) is 0 Å². The molecule has 0 bridgehead atoms. The van der Waals surface area contributed by atoms with Crippen molar-refractivity contribution in [2.45, 2.75) is 0 Å². The van der Waals surface area contributed by atoms with Crippen LogP contribution in [0, 0.1) is 0 Å². The van der Waals surface area contributed by atoms with Gasteiger partial charge in [-0.25, -0.2) is 0 Å². The van der Waals surface area contributed by atoms with Crippen molar-refractivity contribution in [2.24, 2.45) is 0 Å². The van der Waals surface area contributed by atoms with E-state index in [0.29, 0.717) is 0 Å². The fourth-order valence-electron chi connectivity index (χ4n) is 0. The number of hydrogen-bond donors (Lipinski definition) is 1. The molecule has 1 aromatic rings. The second-order valence-corrected chi connectivity index (χ2v) is 0.750. The Morgan fingerprint density at radius 2 is 2.25 bits per heavy atom. The number of rotatable bonds is 0. The van der Waals surface area contributed by atoms with Crippen LogP contribution < -0.4 is 29.6 Å². The predicted octanol–water partition coefficient (Wildman–Crippen LogP) is -2.21. The molecule has 4 heavy (non-hydrogen) atoms. The fourth-order valence-corrected chi connectivity index (χ4v) is 0. The summed E-state index contributed by atoms with van der Waals surface area (Å²) in [6.45, 7) is 0. The minimum Gasteiger partial charge on any atom is -1.00 e. The van der Waals surface area contributed by atoms with Crippen LogP contribution in [0.25, 0.3) is 0 Å². The molecule has 0 aliphatic carbocycles. The average molecular weight is 87.1 g/mol. The Morgan fingerprint density at radius 3 is 2.25 bits per heavy atom. The molecule has 2 nitrogen and oxygen atoms in total. The van der Waals surface area contributed by atoms with Crippen molar-refractivity contribution in [2.75, 3.05) is 0 Å². The van der Waals surface area contributed by atoms with Gasteiger partial charge in [0.15, 0.2) is 11.8 Å². The quantitative estimate of drug-likeness (QED) is 0.357. The maximum absolute atomic E-state index is 4.17. The summed E-state index contributed by atoms with van der Waals surface area (Å²) < 4.78 is 6.58. The van der Waals surface area contributed by atoms with Crippen LogP contribution >= 0.6 is 11.8 Å². The standard InChI is InChI=1S/HNOS.Na.H/c1-2-3-1;;/h1H;;/q;+1;-1. The Kier molecular flexibility index (Phi) is 2.51. The number of nitrogens with one attached hydrogen (secondary N) is 1. The van der Waals surface area contributed by atoms with Crippen LogP contribution in [0.4, 0.5) is 0 Å². The zero-order valence-electron chi connectivity index (χ0n) is 3.32. The van der Waals surface area contributed by atoms with Gasteiger partial charge in [0.25, 0.3) is 0 Å². The molecule has 0 amide bonds. The van der Waals surface area contributed by atoms with Crippen molar-refractivity contribution < 1.29 is 34.9 Å². The third kappa shape index (κ3) is 2.82. The summed E-state index contributed by atoms with van der Waals surface area (Å²) in [5, 5.41) is 0. The van der Waals surface area contributed by atoms with E-state index in [2.05, 4.69) is 8.50 Å². The number of hydrogen-bond acceptors (Lipinski definition) is 2. The topological polar surface area (TPSA) is 28.9 Å². The number of H-pyrrole nitrogens is 1. The fraction of sp³-hybridized carbons (Fsp3) is 0. The molecular weight excluding hydrogens is 85.1 g/mol. The summed E-state index contributed by atoms with van der Waals surface area (Å²) in [6.07, 6.45) is 0. The van der Waals surface area contributed by atoms with Crippen molar-refractivity contribution in [3.63, 3.8) is 0 Å². The van der Waals surface area contributed by atoms with Gasteiger partial charge in [-0.3, -0.25) is 3.96 Å². The Labute approximate surface area is 51.3 Å².